The summed E-state index contributed by atoms with van der Waals surface area (Å²) < 4.78 is 28.1. The summed E-state index contributed by atoms with van der Waals surface area (Å²) in [6.07, 6.45) is 6.24. The maximum Gasteiger partial charge on any atom is 0.258 e. The fourth-order valence-electron chi connectivity index (χ4n) is 6.51. The summed E-state index contributed by atoms with van der Waals surface area (Å²) in [5.74, 6) is 0.378. The normalized spacial score (nSPS) is 20.6. The van der Waals surface area contributed by atoms with E-state index in [4.69, 9.17) is 0 Å². The summed E-state index contributed by atoms with van der Waals surface area (Å²) >= 11 is 0. The van der Waals surface area contributed by atoms with Crippen LogP contribution in [0.2, 0.25) is 0 Å². The van der Waals surface area contributed by atoms with Crippen LogP contribution in [0.4, 0.5) is 11.4 Å². The largest absolute Gasteiger partial charge is 0.354 e. The number of carbonyl (C=O) groups excluding carboxylic acids is 2. The van der Waals surface area contributed by atoms with Gasteiger partial charge in [0.1, 0.15) is 0 Å². The van der Waals surface area contributed by atoms with E-state index in [1.807, 2.05) is 66.4 Å². The standard InChI is InChI=1S/C34H38N4O4S/c1-3-4-19-37(2)43(41,42)28-17-18-30-29(21-28)31(33(39)36-30)32(24-10-6-5-7-11-24)35-26-15-13-25(14-16-26)34(40)38-22-23-9-8-12-27(38)20-23/h5-7,10-11,13-18,21,23,27,35H,3-4,8-9,12,19-20,22H2,1-2H3,(H,36,39)/b32-31-. The van der Waals surface area contributed by atoms with Gasteiger partial charge in [-0.2, -0.15) is 0 Å². The van der Waals surface area contributed by atoms with Gasteiger partial charge >= 0.3 is 0 Å². The molecule has 2 N–H and O–H groups in total. The fourth-order valence-corrected chi connectivity index (χ4v) is 7.75. The summed E-state index contributed by atoms with van der Waals surface area (Å²) in [4.78, 5) is 29.0. The molecule has 1 saturated heterocycles. The highest BCUT2D eigenvalue weighted by Gasteiger charge is 2.38. The highest BCUT2D eigenvalue weighted by molar-refractivity contribution is 7.89. The second-order valence-corrected chi connectivity index (χ2v) is 13.8. The third-order valence-corrected chi connectivity index (χ3v) is 10.7. The number of amides is 2. The van der Waals surface area contributed by atoms with Crippen molar-refractivity contribution in [1.29, 1.82) is 0 Å². The number of likely N-dealkylation sites (tertiary alicyclic amines) is 1. The summed E-state index contributed by atoms with van der Waals surface area (Å²) in [6.45, 7) is 3.28. The monoisotopic (exact) mass is 598 g/mol. The molecule has 2 heterocycles. The molecule has 0 radical (unpaired) electrons. The van der Waals surface area contributed by atoms with E-state index < -0.39 is 10.0 Å². The molecule has 2 amide bonds. The molecule has 3 aromatic carbocycles. The quantitative estimate of drug-likeness (QED) is 0.292. The Balaban J connectivity index is 1.34. The van der Waals surface area contributed by atoms with Gasteiger partial charge in [0, 0.05) is 48.7 Å². The maximum atomic E-state index is 13.4. The molecule has 2 bridgehead atoms. The minimum Gasteiger partial charge on any atom is -0.354 e. The summed E-state index contributed by atoms with van der Waals surface area (Å²) in [6, 6.07) is 22.0. The molecule has 2 unspecified atom stereocenters. The smallest absolute Gasteiger partial charge is 0.258 e. The van der Waals surface area contributed by atoms with Crippen molar-refractivity contribution in [2.45, 2.75) is 56.4 Å². The predicted molar refractivity (Wildman–Crippen MR) is 170 cm³/mol. The number of nitrogens with one attached hydrogen (secondary N) is 2. The average molecular weight is 599 g/mol. The minimum absolute atomic E-state index is 0.0735. The molecule has 2 fully saturated rings. The van der Waals surface area contributed by atoms with Crippen LogP contribution in [0.5, 0.6) is 0 Å². The van der Waals surface area contributed by atoms with Crippen LogP contribution in [-0.4, -0.2) is 55.6 Å². The number of rotatable bonds is 9. The molecular formula is C34H38N4O4S. The first-order valence-electron chi connectivity index (χ1n) is 15.2. The lowest BCUT2D eigenvalue weighted by Crippen LogP contribution is -2.35. The Kier molecular flexibility index (Phi) is 8.11. The molecule has 3 aliphatic rings. The van der Waals surface area contributed by atoms with Crippen molar-refractivity contribution < 1.29 is 18.0 Å². The van der Waals surface area contributed by atoms with Crippen molar-refractivity contribution in [2.24, 2.45) is 5.92 Å². The van der Waals surface area contributed by atoms with Crippen LogP contribution in [0, 0.1) is 5.92 Å². The van der Waals surface area contributed by atoms with Gasteiger partial charge in [-0.1, -0.05) is 50.1 Å². The number of benzene rings is 3. The molecule has 8 nitrogen and oxygen atoms in total. The van der Waals surface area contributed by atoms with Crippen LogP contribution in [0.3, 0.4) is 0 Å². The number of anilines is 2. The van der Waals surface area contributed by atoms with Crippen molar-refractivity contribution in [1.82, 2.24) is 9.21 Å². The van der Waals surface area contributed by atoms with Crippen LogP contribution in [0.1, 0.15) is 66.9 Å². The fraction of sp³-hybridized carbons (Fsp3) is 0.353. The molecule has 6 rings (SSSR count). The molecule has 0 spiro atoms. The number of carbonyl (C=O) groups is 2. The van der Waals surface area contributed by atoms with E-state index in [1.165, 1.54) is 17.1 Å². The third-order valence-electron chi connectivity index (χ3n) is 8.90. The van der Waals surface area contributed by atoms with Crippen molar-refractivity contribution in [3.8, 4) is 0 Å². The lowest BCUT2D eigenvalue weighted by Gasteiger charge is -2.24. The Morgan fingerprint density at radius 2 is 1.79 bits per heavy atom. The number of hydrogen-bond donors (Lipinski definition) is 2. The first kappa shape index (κ1) is 29.1. The molecular weight excluding hydrogens is 560 g/mol. The molecule has 9 heteroatoms. The number of hydrogen-bond acceptors (Lipinski definition) is 5. The molecule has 1 aliphatic carbocycles. The maximum absolute atomic E-state index is 13.4. The Morgan fingerprint density at radius 3 is 2.51 bits per heavy atom. The van der Waals surface area contributed by atoms with Gasteiger partial charge in [-0.25, -0.2) is 12.7 Å². The number of sulfonamides is 1. The van der Waals surface area contributed by atoms with Crippen molar-refractivity contribution >= 4 is 44.5 Å². The van der Waals surface area contributed by atoms with Crippen molar-refractivity contribution in [3.63, 3.8) is 0 Å². The second-order valence-electron chi connectivity index (χ2n) is 11.8. The van der Waals surface area contributed by atoms with E-state index in [1.54, 1.807) is 25.2 Å². The Hall–Kier alpha value is -3.95. The Bertz CT molecular complexity index is 1670. The number of unbranched alkanes of at least 4 members (excludes halogenated alkanes) is 1. The molecule has 224 valence electrons. The van der Waals surface area contributed by atoms with Crippen molar-refractivity contribution in [2.75, 3.05) is 30.8 Å². The zero-order chi connectivity index (χ0) is 30.1. The van der Waals surface area contributed by atoms with E-state index in [9.17, 15) is 18.0 Å². The highest BCUT2D eigenvalue weighted by Crippen LogP contribution is 2.40. The summed E-state index contributed by atoms with van der Waals surface area (Å²) in [7, 11) is -2.15. The van der Waals surface area contributed by atoms with E-state index in [-0.39, 0.29) is 16.7 Å². The van der Waals surface area contributed by atoms with Crippen molar-refractivity contribution in [3.05, 3.63) is 89.5 Å². The van der Waals surface area contributed by atoms with Gasteiger partial charge in [0.2, 0.25) is 10.0 Å². The highest BCUT2D eigenvalue weighted by atomic mass is 32.2. The first-order chi connectivity index (χ1) is 20.8. The molecule has 3 aromatic rings. The van der Waals surface area contributed by atoms with Crippen LogP contribution in [-0.2, 0) is 14.8 Å². The summed E-state index contributed by atoms with van der Waals surface area (Å²) in [5, 5.41) is 6.33. The zero-order valence-electron chi connectivity index (χ0n) is 24.7. The Morgan fingerprint density at radius 1 is 1.02 bits per heavy atom. The molecule has 2 atom stereocenters. The Labute approximate surface area is 253 Å². The van der Waals surface area contributed by atoms with E-state index in [2.05, 4.69) is 10.6 Å². The molecule has 2 aliphatic heterocycles. The molecule has 1 saturated carbocycles. The van der Waals surface area contributed by atoms with Gasteiger partial charge in [-0.15, -0.1) is 0 Å². The van der Waals surface area contributed by atoms with Crippen LogP contribution >= 0.6 is 0 Å². The third kappa shape index (κ3) is 5.71. The lowest BCUT2D eigenvalue weighted by molar-refractivity contribution is -0.110. The van der Waals surface area contributed by atoms with Crippen LogP contribution < -0.4 is 10.6 Å². The minimum atomic E-state index is -3.73. The lowest BCUT2D eigenvalue weighted by atomic mass is 9.90. The molecule has 43 heavy (non-hydrogen) atoms. The number of fused-ring (bicyclic) bond motifs is 3. The van der Waals surface area contributed by atoms with E-state index in [0.717, 1.165) is 37.8 Å². The number of nitrogens with zero attached hydrogens (tertiary/aromatic N) is 2. The molecule has 0 aromatic heterocycles. The topological polar surface area (TPSA) is 98.8 Å². The predicted octanol–water partition coefficient (Wildman–Crippen LogP) is 6.05. The zero-order valence-corrected chi connectivity index (χ0v) is 25.5. The van der Waals surface area contributed by atoms with Crippen LogP contribution in [0.15, 0.2) is 77.7 Å². The average Bonchev–Trinajstić information content (AvgIpc) is 3.51. The van der Waals surface area contributed by atoms with Crippen LogP contribution in [0.25, 0.3) is 11.3 Å². The van der Waals surface area contributed by atoms with Gasteiger partial charge in [0.25, 0.3) is 11.8 Å². The van der Waals surface area contributed by atoms with Gasteiger partial charge in [0.05, 0.1) is 16.2 Å². The second kappa shape index (κ2) is 12.0. The van der Waals surface area contributed by atoms with Gasteiger partial charge in [-0.05, 0) is 79.6 Å². The summed E-state index contributed by atoms with van der Waals surface area (Å²) in [5.41, 5.74) is 4.14. The van der Waals surface area contributed by atoms with E-state index >= 15 is 0 Å². The van der Waals surface area contributed by atoms with Gasteiger partial charge in [0.15, 0.2) is 0 Å². The van der Waals surface area contributed by atoms with E-state index in [0.29, 0.717) is 52.3 Å². The van der Waals surface area contributed by atoms with Gasteiger partial charge in [-0.3, -0.25) is 9.59 Å². The SMILES string of the molecule is CCCCN(C)S(=O)(=O)c1ccc2c(c1)/C(=C(/Nc1ccc(C(=O)N3CC4CCCC3C4)cc1)c1ccccc1)C(=O)N2. The van der Waals surface area contributed by atoms with Gasteiger partial charge < -0.3 is 15.5 Å². The first-order valence-corrected chi connectivity index (χ1v) is 16.6.